The van der Waals surface area contributed by atoms with Gasteiger partial charge in [-0.3, -0.25) is 0 Å². The maximum atomic E-state index is 12.5. The van der Waals surface area contributed by atoms with Crippen LogP contribution < -0.4 is 0 Å². The summed E-state index contributed by atoms with van der Waals surface area (Å²) < 4.78 is 39.4. The summed E-state index contributed by atoms with van der Waals surface area (Å²) in [6.45, 7) is 1.26. The Labute approximate surface area is 280 Å². The lowest BCUT2D eigenvalue weighted by molar-refractivity contribution is -0.319. The third kappa shape index (κ3) is 9.00. The highest BCUT2D eigenvalue weighted by atomic mass is 16.7. The van der Waals surface area contributed by atoms with Crippen LogP contribution in [-0.4, -0.2) is 58.8 Å². The van der Waals surface area contributed by atoms with Crippen molar-refractivity contribution in [3.63, 3.8) is 0 Å². The molecule has 1 aromatic heterocycles. The number of rotatable bonds is 15. The zero-order chi connectivity index (χ0) is 33.0. The number of methoxy groups -OCH3 is 1. The Hall–Kier alpha value is -4.71. The number of ether oxygens (including phenoxy) is 6. The lowest BCUT2D eigenvalue weighted by Gasteiger charge is -2.45. The number of carbonyl (C=O) groups excluding carboxylic acids is 1. The van der Waals surface area contributed by atoms with Gasteiger partial charge in [0.15, 0.2) is 6.29 Å². The number of benzene rings is 4. The van der Waals surface area contributed by atoms with Gasteiger partial charge in [-0.25, -0.2) is 9.48 Å². The first-order chi connectivity index (χ1) is 23.7. The van der Waals surface area contributed by atoms with Crippen LogP contribution in [0.5, 0.6) is 0 Å². The summed E-state index contributed by atoms with van der Waals surface area (Å²) in [5, 5.41) is 8.54. The highest BCUT2D eigenvalue weighted by Crippen LogP contribution is 2.31. The molecular weight excluding hydrogens is 610 g/mol. The number of hydrogen-bond donors (Lipinski definition) is 0. The lowest BCUT2D eigenvalue weighted by Crippen LogP contribution is -2.61. The summed E-state index contributed by atoms with van der Waals surface area (Å²) in [5.41, 5.74) is 4.01. The van der Waals surface area contributed by atoms with E-state index in [4.69, 9.17) is 28.4 Å². The van der Waals surface area contributed by atoms with Crippen molar-refractivity contribution < 1.29 is 33.2 Å². The summed E-state index contributed by atoms with van der Waals surface area (Å²) in [6.07, 6.45) is -1.35. The van der Waals surface area contributed by atoms with E-state index in [9.17, 15) is 4.79 Å². The number of esters is 1. The molecule has 0 radical (unpaired) electrons. The van der Waals surface area contributed by atoms with Gasteiger partial charge in [0.05, 0.1) is 38.1 Å². The van der Waals surface area contributed by atoms with Gasteiger partial charge < -0.3 is 28.4 Å². The van der Waals surface area contributed by atoms with Gasteiger partial charge in [0, 0.05) is 7.11 Å². The van der Waals surface area contributed by atoms with E-state index in [1.165, 1.54) is 0 Å². The molecule has 5 aromatic rings. The predicted molar refractivity (Wildman–Crippen MR) is 176 cm³/mol. The second-order valence-corrected chi connectivity index (χ2v) is 11.4. The molecule has 0 saturated carbocycles. The van der Waals surface area contributed by atoms with Crippen LogP contribution in [0.15, 0.2) is 128 Å². The molecule has 0 N–H and O–H groups in total. The van der Waals surface area contributed by atoms with Crippen molar-refractivity contribution in [3.8, 4) is 0 Å². The molecule has 10 nitrogen and oxygen atoms in total. The lowest BCUT2D eigenvalue weighted by atomic mass is 9.97. The summed E-state index contributed by atoms with van der Waals surface area (Å²) >= 11 is 0. The van der Waals surface area contributed by atoms with Crippen molar-refractivity contribution in [3.05, 3.63) is 155 Å². The summed E-state index contributed by atoms with van der Waals surface area (Å²) in [4.78, 5) is 12.5. The molecule has 0 aliphatic carbocycles. The van der Waals surface area contributed by atoms with E-state index in [0.717, 1.165) is 16.7 Å². The average Bonchev–Trinajstić information content (AvgIpc) is 3.60. The van der Waals surface area contributed by atoms with Crippen molar-refractivity contribution >= 4 is 5.97 Å². The van der Waals surface area contributed by atoms with Crippen LogP contribution >= 0.6 is 0 Å². The van der Waals surface area contributed by atoms with Crippen LogP contribution in [0.3, 0.4) is 0 Å². The fourth-order valence-corrected chi connectivity index (χ4v) is 5.56. The first-order valence-electron chi connectivity index (χ1n) is 15.9. The molecule has 1 aliphatic rings. The molecule has 1 saturated heterocycles. The topological polar surface area (TPSA) is 103 Å². The summed E-state index contributed by atoms with van der Waals surface area (Å²) in [7, 11) is 1.59. The van der Waals surface area contributed by atoms with E-state index in [-0.39, 0.29) is 13.2 Å². The van der Waals surface area contributed by atoms with E-state index in [1.807, 2.05) is 97.1 Å². The fourth-order valence-electron chi connectivity index (χ4n) is 5.56. The van der Waals surface area contributed by atoms with Crippen LogP contribution in [-0.2, 0) is 61.4 Å². The molecule has 0 spiro atoms. The Kier molecular flexibility index (Phi) is 11.7. The Bertz CT molecular complexity index is 1670. The number of hydrogen-bond acceptors (Lipinski definition) is 9. The first-order valence-corrected chi connectivity index (χ1v) is 15.9. The van der Waals surface area contributed by atoms with Crippen LogP contribution in [0.2, 0.25) is 0 Å². The Morgan fingerprint density at radius 3 is 1.71 bits per heavy atom. The van der Waals surface area contributed by atoms with Crippen molar-refractivity contribution in [2.75, 3.05) is 7.11 Å². The molecule has 48 heavy (non-hydrogen) atoms. The SMILES string of the molecule is CO[C@H]1O[C@H](Cn2cc(COC(=O)c3ccccc3)nn2)[C@@H](OCc2ccccc2)[C@H](OCc2ccccc2)[C@@H]1OCc1ccccc1. The number of carbonyl (C=O) groups is 1. The molecule has 0 unspecified atom stereocenters. The molecule has 248 valence electrons. The van der Waals surface area contributed by atoms with Gasteiger partial charge in [-0.15, -0.1) is 5.10 Å². The Morgan fingerprint density at radius 2 is 1.17 bits per heavy atom. The van der Waals surface area contributed by atoms with Gasteiger partial charge in [0.25, 0.3) is 0 Å². The van der Waals surface area contributed by atoms with E-state index in [2.05, 4.69) is 10.3 Å². The highest BCUT2D eigenvalue weighted by Gasteiger charge is 2.49. The number of aromatic nitrogens is 3. The van der Waals surface area contributed by atoms with Crippen LogP contribution in [0.25, 0.3) is 0 Å². The van der Waals surface area contributed by atoms with E-state index in [1.54, 1.807) is 42.3 Å². The summed E-state index contributed by atoms with van der Waals surface area (Å²) in [6, 6.07) is 38.7. The molecule has 0 amide bonds. The fraction of sp³-hybridized carbons (Fsp3) is 0.289. The minimum Gasteiger partial charge on any atom is -0.455 e. The smallest absolute Gasteiger partial charge is 0.338 e. The molecule has 4 aromatic carbocycles. The minimum atomic E-state index is -0.758. The quantitative estimate of drug-likeness (QED) is 0.131. The molecule has 1 aliphatic heterocycles. The monoisotopic (exact) mass is 649 g/mol. The molecule has 1 fully saturated rings. The molecule has 2 heterocycles. The van der Waals surface area contributed by atoms with E-state index in [0.29, 0.717) is 31.1 Å². The zero-order valence-corrected chi connectivity index (χ0v) is 26.7. The van der Waals surface area contributed by atoms with Crippen LogP contribution in [0, 0.1) is 0 Å². The van der Waals surface area contributed by atoms with Crippen LogP contribution in [0.4, 0.5) is 0 Å². The van der Waals surface area contributed by atoms with Gasteiger partial charge in [-0.2, -0.15) is 0 Å². The van der Waals surface area contributed by atoms with Gasteiger partial charge >= 0.3 is 5.97 Å². The van der Waals surface area contributed by atoms with E-state index < -0.39 is 36.7 Å². The third-order valence-corrected chi connectivity index (χ3v) is 7.99. The van der Waals surface area contributed by atoms with Crippen LogP contribution in [0.1, 0.15) is 32.7 Å². The maximum absolute atomic E-state index is 12.5. The van der Waals surface area contributed by atoms with Gasteiger partial charge in [0.1, 0.15) is 36.7 Å². The Morgan fingerprint density at radius 1 is 0.667 bits per heavy atom. The highest BCUT2D eigenvalue weighted by molar-refractivity contribution is 5.89. The zero-order valence-electron chi connectivity index (χ0n) is 26.7. The molecule has 10 heteroatoms. The predicted octanol–water partition coefficient (Wildman–Crippen LogP) is 5.76. The van der Waals surface area contributed by atoms with Gasteiger partial charge in [0.2, 0.25) is 0 Å². The summed E-state index contributed by atoms with van der Waals surface area (Å²) in [5.74, 6) is -0.432. The van der Waals surface area contributed by atoms with Crippen molar-refractivity contribution in [2.45, 2.75) is 63.7 Å². The average molecular weight is 650 g/mol. The first kappa shape index (κ1) is 33.2. The minimum absolute atomic E-state index is 0.0217. The standard InChI is InChI=1S/C38H39N3O7/c1-43-38-36(46-26-30-18-10-4-11-19-30)35(45-25-29-16-8-3-9-17-29)34(44-24-28-14-6-2-7-15-28)33(48-38)23-41-22-32(39-40-41)27-47-37(42)31-20-12-5-13-21-31/h2-22,33-36,38H,23-27H2,1H3/t33-,34-,35+,36+,38+/m1/s1. The van der Waals surface area contributed by atoms with Crippen molar-refractivity contribution in [1.82, 2.24) is 15.0 Å². The van der Waals surface area contributed by atoms with E-state index >= 15 is 0 Å². The van der Waals surface area contributed by atoms with Gasteiger partial charge in [-0.1, -0.05) is 114 Å². The van der Waals surface area contributed by atoms with Gasteiger partial charge in [-0.05, 0) is 28.8 Å². The third-order valence-electron chi connectivity index (χ3n) is 7.99. The van der Waals surface area contributed by atoms with Crippen molar-refractivity contribution in [1.29, 1.82) is 0 Å². The largest absolute Gasteiger partial charge is 0.455 e. The Balaban J connectivity index is 1.23. The normalized spacial score (nSPS) is 20.7. The van der Waals surface area contributed by atoms with Crippen molar-refractivity contribution in [2.24, 2.45) is 0 Å². The second-order valence-electron chi connectivity index (χ2n) is 11.4. The second kappa shape index (κ2) is 16.9. The molecule has 6 rings (SSSR count). The molecule has 5 atom stereocenters. The molecular formula is C38H39N3O7. The number of nitrogens with zero attached hydrogens (tertiary/aromatic N) is 3. The maximum Gasteiger partial charge on any atom is 0.338 e. The molecule has 0 bridgehead atoms.